The molecule has 6 atom stereocenters. The average Bonchev–Trinajstić information content (AvgIpc) is 4.37. The van der Waals surface area contributed by atoms with Crippen molar-refractivity contribution in [3.8, 4) is 34.0 Å². The summed E-state index contributed by atoms with van der Waals surface area (Å²) in [7, 11) is 0. The number of hydrogen-bond acceptors (Lipinski definition) is 16. The number of aromatic amines is 1. The van der Waals surface area contributed by atoms with Gasteiger partial charge in [0.15, 0.2) is 17.2 Å². The number of anilines is 2. The van der Waals surface area contributed by atoms with Gasteiger partial charge in [-0.25, -0.2) is 14.4 Å². The topological polar surface area (TPSA) is 207 Å². The zero-order valence-corrected chi connectivity index (χ0v) is 46.3. The van der Waals surface area contributed by atoms with Crippen molar-refractivity contribution in [2.75, 3.05) is 42.5 Å². The van der Waals surface area contributed by atoms with Gasteiger partial charge in [-0.05, 0) is 122 Å². The number of carbonyl (C=O) groups is 1. The van der Waals surface area contributed by atoms with E-state index < -0.39 is 23.8 Å². The van der Waals surface area contributed by atoms with Crippen LogP contribution < -0.4 is 19.9 Å². The minimum Gasteiger partial charge on any atom is -0.507 e. The minimum atomic E-state index is -1.06. The molecule has 7 aliphatic rings. The Labute approximate surface area is 473 Å². The van der Waals surface area contributed by atoms with E-state index in [0.717, 1.165) is 111 Å². The SMILES string of the molecule is CC(C)[C@@H](C(=O)N1C[C@H](O)C[C@H]1C1=NO[C@](C)(c2ccc(-c3ccccc3F)cc2)N1)c1onc(O[C@H]2CC3(C2)C[C@H](N2CCC(c4cnc(N5C6CCC5CN(c5c[nH]c7nnc(-c8ccccc8O)cc57)C6)nc4)CC2)C3)c1Cl. The van der Waals surface area contributed by atoms with E-state index in [2.05, 4.69) is 57.9 Å². The van der Waals surface area contributed by atoms with Crippen molar-refractivity contribution < 1.29 is 33.5 Å². The molecular formula is C61H66ClFN12O6. The van der Waals surface area contributed by atoms with Crippen LogP contribution in [0.5, 0.6) is 11.6 Å². The van der Waals surface area contributed by atoms with Gasteiger partial charge in [0.25, 0.3) is 5.88 Å². The molecule has 5 aliphatic heterocycles. The number of ether oxygens (including phenoxy) is 1. The number of β-amino-alcohol motifs (C(OH)–C–C–N with tert-alkyl or cyclic N) is 1. The quantitative estimate of drug-likeness (QED) is 0.0848. The van der Waals surface area contributed by atoms with Gasteiger partial charge in [0.05, 0.1) is 23.5 Å². The number of phenolic OH excluding ortho intramolecular Hbond substituents is 1. The second-order valence-corrected chi connectivity index (χ2v) is 24.7. The molecule has 3 aromatic carbocycles. The van der Waals surface area contributed by atoms with Gasteiger partial charge in [0.1, 0.15) is 28.6 Å². The molecule has 4 N–H and O–H groups in total. The number of para-hydroxylation sites is 1. The first-order chi connectivity index (χ1) is 39.3. The third-order valence-corrected chi connectivity index (χ3v) is 19.1. The first kappa shape index (κ1) is 51.8. The van der Waals surface area contributed by atoms with Crippen molar-refractivity contribution in [1.82, 2.24) is 45.4 Å². The first-order valence-corrected chi connectivity index (χ1v) is 29.1. The normalized spacial score (nSPS) is 27.8. The Hall–Kier alpha value is -7.35. The molecule has 2 saturated carbocycles. The largest absolute Gasteiger partial charge is 0.507 e. The van der Waals surface area contributed by atoms with Crippen molar-refractivity contribution in [2.45, 2.75) is 132 Å². The molecule has 2 unspecified atom stereocenters. The van der Waals surface area contributed by atoms with Gasteiger partial charge in [0.2, 0.25) is 17.6 Å². The Morgan fingerprint density at radius 1 is 0.889 bits per heavy atom. The van der Waals surface area contributed by atoms with E-state index in [1.165, 1.54) is 11.6 Å². The summed E-state index contributed by atoms with van der Waals surface area (Å²) in [6.07, 6.45) is 14.1. The monoisotopic (exact) mass is 1120 g/mol. The number of nitrogens with zero attached hydrogens (tertiary/aromatic N) is 10. The van der Waals surface area contributed by atoms with Crippen LogP contribution in [0.1, 0.15) is 107 Å². The number of rotatable bonds is 13. The second kappa shape index (κ2) is 20.3. The molecule has 420 valence electrons. The second-order valence-electron chi connectivity index (χ2n) is 24.3. The number of aliphatic hydroxyl groups is 1. The number of amidine groups is 1. The number of likely N-dealkylation sites (tertiary alicyclic amines) is 2. The van der Waals surface area contributed by atoms with Crippen LogP contribution in [-0.4, -0.2) is 131 Å². The van der Waals surface area contributed by atoms with Gasteiger partial charge in [-0.2, -0.15) is 0 Å². The highest BCUT2D eigenvalue weighted by Crippen LogP contribution is 2.59. The van der Waals surface area contributed by atoms with Crippen molar-refractivity contribution in [3.63, 3.8) is 0 Å². The zero-order valence-electron chi connectivity index (χ0n) is 45.6. The Morgan fingerprint density at radius 2 is 1.60 bits per heavy atom. The number of piperazine rings is 1. The van der Waals surface area contributed by atoms with Crippen LogP contribution in [0, 0.1) is 17.2 Å². The number of H-pyrrole nitrogens is 1. The standard InChI is InChI=1S/C61H66ClFN12O6/c1-34(2)52(58(78)74-33-42(76)22-49(74)56-67-60(3,81-70-56)38-14-12-36(13-15-38)44-8-4-6-10-47(44)63)54-53(62)57(71-80-54)79-43-26-61(27-43)24-41(25-61)72-20-18-35(19-21-72)37-28-65-59(66-29-37)75-39-16-17-40(75)32-73(31-39)50-30-64-55-46(50)23-48(68-69-55)45-9-5-7-11-51(45)77/h4-15,23,28-30,34-35,39-43,49,52,76-77H,16-22,24-27,31-33H2,1-3H3,(H,64,69)(H,67,70)/t39?,40?,41-,42-,43-,49+,52-,60-,61?/m1/s1. The van der Waals surface area contributed by atoms with E-state index in [4.69, 9.17) is 35.7 Å². The van der Waals surface area contributed by atoms with E-state index in [9.17, 15) is 19.4 Å². The number of phenols is 1. The fourth-order valence-corrected chi connectivity index (χ4v) is 14.7. The number of piperidine rings is 1. The van der Waals surface area contributed by atoms with Crippen LogP contribution in [-0.2, 0) is 15.4 Å². The lowest BCUT2D eigenvalue weighted by molar-refractivity contribution is -0.134. The lowest BCUT2D eigenvalue weighted by Gasteiger charge is -2.60. The molecule has 9 heterocycles. The highest BCUT2D eigenvalue weighted by Gasteiger charge is 2.56. The third-order valence-electron chi connectivity index (χ3n) is 18.8. The van der Waals surface area contributed by atoms with Gasteiger partial charge in [-0.3, -0.25) is 4.79 Å². The predicted molar refractivity (Wildman–Crippen MR) is 303 cm³/mol. The molecule has 14 rings (SSSR count). The number of aromatic hydroxyl groups is 1. The zero-order chi connectivity index (χ0) is 55.3. The van der Waals surface area contributed by atoms with E-state index in [1.807, 2.05) is 69.4 Å². The molecule has 4 saturated heterocycles. The fraction of sp³-hybridized carbons (Fsp3) is 0.459. The maximum absolute atomic E-state index is 14.6. The van der Waals surface area contributed by atoms with Crippen LogP contribution >= 0.6 is 11.6 Å². The molecule has 7 aromatic rings. The summed E-state index contributed by atoms with van der Waals surface area (Å²) in [5.41, 5.74) is 5.56. The summed E-state index contributed by atoms with van der Waals surface area (Å²) in [6.45, 7) is 9.65. The fourth-order valence-electron chi connectivity index (χ4n) is 14.5. The molecule has 18 nitrogen and oxygen atoms in total. The molecular weight excluding hydrogens is 1050 g/mol. The number of amides is 1. The minimum absolute atomic E-state index is 0.0441. The van der Waals surface area contributed by atoms with E-state index in [-0.39, 0.29) is 64.5 Å². The molecule has 1 spiro atoms. The number of oxime groups is 1. The van der Waals surface area contributed by atoms with Crippen molar-refractivity contribution in [1.29, 1.82) is 0 Å². The van der Waals surface area contributed by atoms with Crippen LogP contribution in [0.2, 0.25) is 5.02 Å². The van der Waals surface area contributed by atoms with Gasteiger partial charge in [-0.15, -0.1) is 10.2 Å². The van der Waals surface area contributed by atoms with Gasteiger partial charge < -0.3 is 54.2 Å². The van der Waals surface area contributed by atoms with Gasteiger partial charge >= 0.3 is 0 Å². The van der Waals surface area contributed by atoms with E-state index in [0.29, 0.717) is 46.7 Å². The molecule has 2 aliphatic carbocycles. The summed E-state index contributed by atoms with van der Waals surface area (Å²) in [5, 5.41) is 43.6. The number of nitrogens with one attached hydrogen (secondary N) is 2. The summed E-state index contributed by atoms with van der Waals surface area (Å²) in [5.74, 6) is 0.736. The Bertz CT molecular complexity index is 3510. The van der Waals surface area contributed by atoms with E-state index in [1.54, 1.807) is 35.2 Å². The van der Waals surface area contributed by atoms with Crippen LogP contribution in [0.4, 0.5) is 16.0 Å². The molecule has 20 heteroatoms. The number of fused-ring (bicyclic) bond motifs is 3. The highest BCUT2D eigenvalue weighted by molar-refractivity contribution is 6.32. The number of aliphatic hydroxyl groups excluding tert-OH is 1. The van der Waals surface area contributed by atoms with Crippen LogP contribution in [0.25, 0.3) is 33.4 Å². The number of benzene rings is 3. The lowest BCUT2D eigenvalue weighted by atomic mass is 9.52. The van der Waals surface area contributed by atoms with Gasteiger partial charge in [0, 0.05) is 91.8 Å². The molecule has 1 amide bonds. The maximum Gasteiger partial charge on any atom is 0.273 e. The van der Waals surface area contributed by atoms with Crippen molar-refractivity contribution >= 4 is 46.0 Å². The summed E-state index contributed by atoms with van der Waals surface area (Å²) in [4.78, 5) is 43.2. The Balaban J connectivity index is 0.548. The van der Waals surface area contributed by atoms with Crippen LogP contribution in [0.3, 0.4) is 0 Å². The summed E-state index contributed by atoms with van der Waals surface area (Å²) >= 11 is 7.00. The average molecular weight is 1120 g/mol. The smallest absolute Gasteiger partial charge is 0.273 e. The van der Waals surface area contributed by atoms with Crippen LogP contribution in [0.15, 0.2) is 107 Å². The Kier molecular flexibility index (Phi) is 13.0. The number of aromatic nitrogens is 6. The molecule has 0 radical (unpaired) electrons. The predicted octanol–water partition coefficient (Wildman–Crippen LogP) is 9.50. The third kappa shape index (κ3) is 9.28. The molecule has 6 fully saturated rings. The van der Waals surface area contributed by atoms with Gasteiger partial charge in [-0.1, -0.05) is 85.2 Å². The number of hydrogen-bond donors (Lipinski definition) is 4. The number of halogens is 2. The molecule has 4 aromatic heterocycles. The Morgan fingerprint density at radius 3 is 2.32 bits per heavy atom. The summed E-state index contributed by atoms with van der Waals surface area (Å²) in [6, 6.07) is 23.9. The van der Waals surface area contributed by atoms with Crippen molar-refractivity contribution in [3.05, 3.63) is 125 Å². The lowest BCUT2D eigenvalue weighted by Crippen LogP contribution is -2.59. The maximum atomic E-state index is 14.6. The molecule has 81 heavy (non-hydrogen) atoms. The molecule has 2 bridgehead atoms. The van der Waals surface area contributed by atoms with Crippen molar-refractivity contribution in [2.24, 2.45) is 16.5 Å². The van der Waals surface area contributed by atoms with E-state index >= 15 is 0 Å². The highest BCUT2D eigenvalue weighted by atomic mass is 35.5. The summed E-state index contributed by atoms with van der Waals surface area (Å²) < 4.78 is 26.8. The number of carbonyl (C=O) groups excluding carboxylic acids is 1. The first-order valence-electron chi connectivity index (χ1n) is 28.7.